The van der Waals surface area contributed by atoms with Crippen LogP contribution in [0.1, 0.15) is 5.56 Å². The molecule has 7 heteroatoms. The van der Waals surface area contributed by atoms with Gasteiger partial charge in [0.25, 0.3) is 5.91 Å². The lowest BCUT2D eigenvalue weighted by molar-refractivity contribution is -0.139. The number of hydrogen-bond acceptors (Lipinski definition) is 5. The molecule has 0 fully saturated rings. The van der Waals surface area contributed by atoms with Crippen LogP contribution in [0, 0.1) is 0 Å². The van der Waals surface area contributed by atoms with Crippen molar-refractivity contribution in [1.82, 2.24) is 0 Å². The van der Waals surface area contributed by atoms with Crippen molar-refractivity contribution in [3.8, 4) is 11.5 Å². The van der Waals surface area contributed by atoms with Crippen LogP contribution in [0.25, 0.3) is 0 Å². The number of nitrogens with one attached hydrogen (secondary N) is 1. The third-order valence-electron chi connectivity index (χ3n) is 3.30. The Hall–Kier alpha value is -2.73. The number of esters is 1. The summed E-state index contributed by atoms with van der Waals surface area (Å²) in [6.07, 6.45) is 0.190. The Labute approximate surface area is 150 Å². The van der Waals surface area contributed by atoms with Crippen LogP contribution in [0.2, 0.25) is 5.02 Å². The second-order valence-electron chi connectivity index (χ2n) is 5.08. The molecule has 0 aliphatic heterocycles. The summed E-state index contributed by atoms with van der Waals surface area (Å²) >= 11 is 6.01. The van der Waals surface area contributed by atoms with E-state index in [0.717, 1.165) is 5.56 Å². The SMILES string of the molecule is COC(=O)Cc1ccc(OCC(=O)Nc2ccc(OC)c(Cl)c2)cc1. The summed E-state index contributed by atoms with van der Waals surface area (Å²) in [5, 5.41) is 3.09. The number of halogens is 1. The number of carbonyl (C=O) groups excluding carboxylic acids is 2. The molecule has 2 aromatic rings. The van der Waals surface area contributed by atoms with Crippen LogP contribution in [-0.2, 0) is 20.7 Å². The van der Waals surface area contributed by atoms with E-state index in [1.165, 1.54) is 14.2 Å². The van der Waals surface area contributed by atoms with Gasteiger partial charge in [0.1, 0.15) is 11.5 Å². The van der Waals surface area contributed by atoms with E-state index < -0.39 is 0 Å². The number of carbonyl (C=O) groups is 2. The van der Waals surface area contributed by atoms with Gasteiger partial charge in [0, 0.05) is 5.69 Å². The maximum absolute atomic E-state index is 11.9. The van der Waals surface area contributed by atoms with E-state index in [4.69, 9.17) is 21.1 Å². The molecule has 0 saturated carbocycles. The average molecular weight is 364 g/mol. The smallest absolute Gasteiger partial charge is 0.309 e. The topological polar surface area (TPSA) is 73.9 Å². The van der Waals surface area contributed by atoms with Crippen molar-refractivity contribution >= 4 is 29.2 Å². The molecule has 0 aliphatic carbocycles. The Morgan fingerprint density at radius 3 is 2.40 bits per heavy atom. The molecule has 1 amide bonds. The second-order valence-corrected chi connectivity index (χ2v) is 5.49. The summed E-state index contributed by atoms with van der Waals surface area (Å²) in [6, 6.07) is 11.8. The molecule has 0 aromatic heterocycles. The van der Waals surface area contributed by atoms with Crippen molar-refractivity contribution in [3.63, 3.8) is 0 Å². The molecule has 0 radical (unpaired) electrons. The van der Waals surface area contributed by atoms with E-state index in [-0.39, 0.29) is 24.9 Å². The molecule has 0 saturated heterocycles. The lowest BCUT2D eigenvalue weighted by atomic mass is 10.1. The molecule has 2 aromatic carbocycles. The van der Waals surface area contributed by atoms with E-state index >= 15 is 0 Å². The molecule has 2 rings (SSSR count). The minimum atomic E-state index is -0.320. The first-order valence-electron chi connectivity index (χ1n) is 7.43. The summed E-state index contributed by atoms with van der Waals surface area (Å²) in [6.45, 7) is -0.153. The van der Waals surface area contributed by atoms with Crippen LogP contribution < -0.4 is 14.8 Å². The summed E-state index contributed by atoms with van der Waals surface area (Å²) in [5.41, 5.74) is 1.35. The first-order chi connectivity index (χ1) is 12.0. The number of hydrogen-bond donors (Lipinski definition) is 1. The molecular weight excluding hydrogens is 346 g/mol. The van der Waals surface area contributed by atoms with E-state index in [1.807, 2.05) is 0 Å². The predicted molar refractivity (Wildman–Crippen MR) is 94.3 cm³/mol. The first kappa shape index (κ1) is 18.6. The Balaban J connectivity index is 1.85. The third kappa shape index (κ3) is 5.69. The maximum Gasteiger partial charge on any atom is 0.309 e. The average Bonchev–Trinajstić information content (AvgIpc) is 2.61. The Morgan fingerprint density at radius 1 is 1.08 bits per heavy atom. The predicted octanol–water partition coefficient (Wildman–Crippen LogP) is 3.08. The van der Waals surface area contributed by atoms with Crippen molar-refractivity contribution in [3.05, 3.63) is 53.1 Å². The van der Waals surface area contributed by atoms with Crippen LogP contribution >= 0.6 is 11.6 Å². The lowest BCUT2D eigenvalue weighted by Crippen LogP contribution is -2.20. The van der Waals surface area contributed by atoms with Gasteiger partial charge in [-0.1, -0.05) is 23.7 Å². The molecule has 0 spiro atoms. The van der Waals surface area contributed by atoms with E-state index in [2.05, 4.69) is 10.1 Å². The number of ether oxygens (including phenoxy) is 3. The molecule has 0 heterocycles. The van der Waals surface area contributed by atoms with Gasteiger partial charge in [-0.05, 0) is 35.9 Å². The molecule has 6 nitrogen and oxygen atoms in total. The largest absolute Gasteiger partial charge is 0.495 e. The fourth-order valence-electron chi connectivity index (χ4n) is 2.03. The van der Waals surface area contributed by atoms with Gasteiger partial charge in [0.2, 0.25) is 0 Å². The summed E-state index contributed by atoms with van der Waals surface area (Å²) in [5.74, 6) is 0.422. The van der Waals surface area contributed by atoms with Gasteiger partial charge in [-0.15, -0.1) is 0 Å². The maximum atomic E-state index is 11.9. The van der Waals surface area contributed by atoms with Gasteiger partial charge in [-0.3, -0.25) is 9.59 Å². The summed E-state index contributed by atoms with van der Waals surface area (Å²) in [4.78, 5) is 23.1. The van der Waals surface area contributed by atoms with E-state index in [0.29, 0.717) is 22.2 Å². The fraction of sp³-hybridized carbons (Fsp3) is 0.222. The van der Waals surface area contributed by atoms with Crippen molar-refractivity contribution in [1.29, 1.82) is 0 Å². The highest BCUT2D eigenvalue weighted by molar-refractivity contribution is 6.32. The van der Waals surface area contributed by atoms with Crippen molar-refractivity contribution in [2.75, 3.05) is 26.1 Å². The number of rotatable bonds is 7. The molecule has 1 N–H and O–H groups in total. The first-order valence-corrected chi connectivity index (χ1v) is 7.81. The van der Waals surface area contributed by atoms with Gasteiger partial charge in [0.15, 0.2) is 6.61 Å². The molecule has 0 aliphatic rings. The highest BCUT2D eigenvalue weighted by Crippen LogP contribution is 2.27. The zero-order chi connectivity index (χ0) is 18.2. The van der Waals surface area contributed by atoms with Crippen LogP contribution in [0.5, 0.6) is 11.5 Å². The highest BCUT2D eigenvalue weighted by Gasteiger charge is 2.07. The normalized spacial score (nSPS) is 10.0. The minimum Gasteiger partial charge on any atom is -0.495 e. The molecule has 132 valence electrons. The molecule has 0 atom stereocenters. The van der Waals surface area contributed by atoms with Crippen LogP contribution in [0.4, 0.5) is 5.69 Å². The Bertz CT molecular complexity index is 746. The quantitative estimate of drug-likeness (QED) is 0.765. The lowest BCUT2D eigenvalue weighted by Gasteiger charge is -2.09. The fourth-order valence-corrected chi connectivity index (χ4v) is 2.29. The molecule has 25 heavy (non-hydrogen) atoms. The number of anilines is 1. The Kier molecular flexibility index (Phi) is 6.65. The van der Waals surface area contributed by atoms with Gasteiger partial charge in [-0.2, -0.15) is 0 Å². The monoisotopic (exact) mass is 363 g/mol. The van der Waals surface area contributed by atoms with Crippen molar-refractivity contribution in [2.24, 2.45) is 0 Å². The van der Waals surface area contributed by atoms with Crippen LogP contribution in [-0.4, -0.2) is 32.7 Å². The van der Waals surface area contributed by atoms with Gasteiger partial charge < -0.3 is 19.5 Å². The number of amides is 1. The molecule has 0 unspecified atom stereocenters. The molecule has 0 bridgehead atoms. The van der Waals surface area contributed by atoms with E-state index in [9.17, 15) is 9.59 Å². The zero-order valence-corrected chi connectivity index (χ0v) is 14.6. The minimum absolute atomic E-state index is 0.153. The van der Waals surface area contributed by atoms with Crippen molar-refractivity contribution in [2.45, 2.75) is 6.42 Å². The van der Waals surface area contributed by atoms with Crippen LogP contribution in [0.15, 0.2) is 42.5 Å². The number of methoxy groups -OCH3 is 2. The Morgan fingerprint density at radius 2 is 1.80 bits per heavy atom. The standard InChI is InChI=1S/C18H18ClNO5/c1-23-16-8-5-13(10-15(16)19)20-17(21)11-25-14-6-3-12(4-7-14)9-18(22)24-2/h3-8,10H,9,11H2,1-2H3,(H,20,21). The highest BCUT2D eigenvalue weighted by atomic mass is 35.5. The van der Waals surface area contributed by atoms with Crippen LogP contribution in [0.3, 0.4) is 0 Å². The summed E-state index contributed by atoms with van der Waals surface area (Å²) in [7, 11) is 2.86. The van der Waals surface area contributed by atoms with Crippen molar-refractivity contribution < 1.29 is 23.8 Å². The van der Waals surface area contributed by atoms with Gasteiger partial charge in [0.05, 0.1) is 25.7 Å². The second kappa shape index (κ2) is 8.94. The van der Waals surface area contributed by atoms with Gasteiger partial charge >= 0.3 is 5.97 Å². The van der Waals surface area contributed by atoms with E-state index in [1.54, 1.807) is 42.5 Å². The summed E-state index contributed by atoms with van der Waals surface area (Å²) < 4.78 is 15.1. The third-order valence-corrected chi connectivity index (χ3v) is 3.60. The molecular formula is C18H18ClNO5. The van der Waals surface area contributed by atoms with Gasteiger partial charge in [-0.25, -0.2) is 0 Å². The number of benzene rings is 2. The zero-order valence-electron chi connectivity index (χ0n) is 13.9.